The Morgan fingerprint density at radius 1 is 1.00 bits per heavy atom. The van der Waals surface area contributed by atoms with Gasteiger partial charge in [0.05, 0.1) is 0 Å². The molecule has 1 heterocycles. The van der Waals surface area contributed by atoms with Gasteiger partial charge in [-0.2, -0.15) is 0 Å². The number of hydrogen-bond acceptors (Lipinski definition) is 1. The van der Waals surface area contributed by atoms with Crippen molar-refractivity contribution in [3.05, 3.63) is 36.4 Å². The van der Waals surface area contributed by atoms with Crippen LogP contribution < -0.4 is 4.59 Å². The first-order chi connectivity index (χ1) is 5.36. The van der Waals surface area contributed by atoms with Crippen molar-refractivity contribution in [3.8, 4) is 0 Å². The zero-order chi connectivity index (χ0) is 7.68. The van der Waals surface area contributed by atoms with E-state index in [2.05, 4.69) is 33.1 Å². The molecule has 0 aliphatic heterocycles. The Bertz CT molecular complexity index is 384. The van der Waals surface area contributed by atoms with Crippen LogP contribution in [0, 0.1) is 0 Å². The zero-order valence-corrected chi connectivity index (χ0v) is 7.53. The van der Waals surface area contributed by atoms with Gasteiger partial charge < -0.3 is 0 Å². The van der Waals surface area contributed by atoms with Gasteiger partial charge in [0.1, 0.15) is 0 Å². The standard InChI is InChI=1S/C9H6NSe/c11-9-6-5-7-3-1-2-4-8(7)10-9/h1-6H. The summed E-state index contributed by atoms with van der Waals surface area (Å²) in [5, 5.41) is 1.19. The van der Waals surface area contributed by atoms with E-state index in [4.69, 9.17) is 0 Å². The fourth-order valence-electron chi connectivity index (χ4n) is 1.05. The van der Waals surface area contributed by atoms with Crippen molar-refractivity contribution in [1.82, 2.24) is 4.98 Å². The van der Waals surface area contributed by atoms with Crippen LogP contribution in [0.5, 0.6) is 0 Å². The molecule has 0 aliphatic rings. The molecule has 0 amide bonds. The minimum atomic E-state index is 0.948. The molecule has 2 rings (SSSR count). The summed E-state index contributed by atoms with van der Waals surface area (Å²) in [7, 11) is 0. The quantitative estimate of drug-likeness (QED) is 0.588. The molecule has 0 spiro atoms. The number of para-hydroxylation sites is 1. The molecule has 0 bridgehead atoms. The van der Waals surface area contributed by atoms with Gasteiger partial charge >= 0.3 is 72.9 Å². The van der Waals surface area contributed by atoms with Crippen molar-refractivity contribution in [1.29, 1.82) is 0 Å². The summed E-state index contributed by atoms with van der Waals surface area (Å²) in [6, 6.07) is 12.1. The third-order valence-electron chi connectivity index (χ3n) is 1.57. The molecule has 53 valence electrons. The molecule has 0 saturated carbocycles. The number of nitrogens with zero attached hydrogens (tertiary/aromatic N) is 1. The zero-order valence-electron chi connectivity index (χ0n) is 5.82. The summed E-state index contributed by atoms with van der Waals surface area (Å²) in [4.78, 5) is 4.32. The van der Waals surface area contributed by atoms with E-state index < -0.39 is 0 Å². The molecule has 1 radical (unpaired) electrons. The predicted octanol–water partition coefficient (Wildman–Crippen LogP) is 1.03. The van der Waals surface area contributed by atoms with Crippen molar-refractivity contribution < 1.29 is 0 Å². The van der Waals surface area contributed by atoms with Crippen LogP contribution in [0.1, 0.15) is 0 Å². The molecule has 1 aromatic heterocycles. The van der Waals surface area contributed by atoms with Crippen LogP contribution >= 0.6 is 0 Å². The predicted molar refractivity (Wildman–Crippen MR) is 47.1 cm³/mol. The van der Waals surface area contributed by atoms with Gasteiger partial charge in [-0.25, -0.2) is 0 Å². The van der Waals surface area contributed by atoms with E-state index in [1.807, 2.05) is 24.3 Å². The first kappa shape index (κ1) is 6.83. The molecule has 0 N–H and O–H groups in total. The van der Waals surface area contributed by atoms with Gasteiger partial charge in [0.25, 0.3) is 0 Å². The fraction of sp³-hybridized carbons (Fsp3) is 0. The van der Waals surface area contributed by atoms with Gasteiger partial charge in [0.15, 0.2) is 0 Å². The number of pyridine rings is 1. The maximum atomic E-state index is 4.32. The van der Waals surface area contributed by atoms with E-state index >= 15 is 0 Å². The third-order valence-corrected chi connectivity index (χ3v) is 2.05. The summed E-state index contributed by atoms with van der Waals surface area (Å²) in [6.45, 7) is 0. The summed E-state index contributed by atoms with van der Waals surface area (Å²) < 4.78 is 0.948. The van der Waals surface area contributed by atoms with Gasteiger partial charge in [-0.3, -0.25) is 0 Å². The molecule has 0 saturated heterocycles. The van der Waals surface area contributed by atoms with E-state index in [1.165, 1.54) is 5.39 Å². The maximum absolute atomic E-state index is 4.32. The molecule has 11 heavy (non-hydrogen) atoms. The summed E-state index contributed by atoms with van der Waals surface area (Å²) in [5.41, 5.74) is 1.05. The Balaban J connectivity index is 2.83. The summed E-state index contributed by atoms with van der Waals surface area (Å²) >= 11 is 2.88. The second-order valence-electron chi connectivity index (χ2n) is 2.34. The van der Waals surface area contributed by atoms with Crippen molar-refractivity contribution in [2.75, 3.05) is 0 Å². The SMILES string of the molecule is [Se]c1ccc2ccccc2n1. The van der Waals surface area contributed by atoms with Gasteiger partial charge in [0, 0.05) is 0 Å². The van der Waals surface area contributed by atoms with Crippen LogP contribution in [-0.4, -0.2) is 21.0 Å². The molecule has 1 nitrogen and oxygen atoms in total. The second kappa shape index (κ2) is 2.65. The van der Waals surface area contributed by atoms with E-state index in [0.29, 0.717) is 0 Å². The fourth-order valence-corrected chi connectivity index (χ4v) is 1.40. The topological polar surface area (TPSA) is 12.9 Å². The third kappa shape index (κ3) is 1.28. The molecule has 2 aromatic rings. The molecular weight excluding hydrogens is 201 g/mol. The Morgan fingerprint density at radius 2 is 1.82 bits per heavy atom. The molecule has 2 heteroatoms. The van der Waals surface area contributed by atoms with Crippen LogP contribution in [0.25, 0.3) is 10.9 Å². The second-order valence-corrected chi connectivity index (χ2v) is 3.22. The van der Waals surface area contributed by atoms with E-state index in [9.17, 15) is 0 Å². The molecular formula is C9H6NSe. The average molecular weight is 207 g/mol. The normalized spacial score (nSPS) is 10.2. The molecule has 0 unspecified atom stereocenters. The average Bonchev–Trinajstić information content (AvgIpc) is 2.04. The van der Waals surface area contributed by atoms with Crippen molar-refractivity contribution in [2.24, 2.45) is 0 Å². The van der Waals surface area contributed by atoms with Crippen molar-refractivity contribution in [2.45, 2.75) is 0 Å². The monoisotopic (exact) mass is 208 g/mol. The van der Waals surface area contributed by atoms with Gasteiger partial charge in [-0.05, 0) is 0 Å². The van der Waals surface area contributed by atoms with E-state index in [0.717, 1.165) is 10.1 Å². The van der Waals surface area contributed by atoms with Crippen LogP contribution in [0.15, 0.2) is 36.4 Å². The Morgan fingerprint density at radius 3 is 2.73 bits per heavy atom. The summed E-state index contributed by atoms with van der Waals surface area (Å²) in [6.07, 6.45) is 0. The number of hydrogen-bond donors (Lipinski definition) is 0. The van der Waals surface area contributed by atoms with E-state index in [1.54, 1.807) is 0 Å². The molecule has 1 aromatic carbocycles. The molecule has 0 atom stereocenters. The Hall–Kier alpha value is -0.851. The van der Waals surface area contributed by atoms with Gasteiger partial charge in [-0.1, -0.05) is 0 Å². The van der Waals surface area contributed by atoms with Crippen LogP contribution in [0.3, 0.4) is 0 Å². The van der Waals surface area contributed by atoms with E-state index in [-0.39, 0.29) is 0 Å². The number of fused-ring (bicyclic) bond motifs is 1. The number of aromatic nitrogens is 1. The van der Waals surface area contributed by atoms with Crippen molar-refractivity contribution >= 4 is 31.5 Å². The number of rotatable bonds is 0. The first-order valence-electron chi connectivity index (χ1n) is 3.39. The molecule has 0 fully saturated rings. The Kier molecular flexibility index (Phi) is 1.65. The van der Waals surface area contributed by atoms with Crippen molar-refractivity contribution in [3.63, 3.8) is 0 Å². The van der Waals surface area contributed by atoms with Crippen LogP contribution in [-0.2, 0) is 0 Å². The first-order valence-corrected chi connectivity index (χ1v) is 4.25. The summed E-state index contributed by atoms with van der Waals surface area (Å²) in [5.74, 6) is 0. The van der Waals surface area contributed by atoms with Gasteiger partial charge in [-0.15, -0.1) is 0 Å². The Labute approximate surface area is 73.3 Å². The van der Waals surface area contributed by atoms with Gasteiger partial charge in [0.2, 0.25) is 0 Å². The van der Waals surface area contributed by atoms with Crippen LogP contribution in [0.4, 0.5) is 0 Å². The van der Waals surface area contributed by atoms with Crippen LogP contribution in [0.2, 0.25) is 0 Å². The number of benzene rings is 1. The molecule has 0 aliphatic carbocycles. The minimum absolute atomic E-state index is 0.948.